The lowest BCUT2D eigenvalue weighted by Gasteiger charge is -2.35. The van der Waals surface area contributed by atoms with Crippen molar-refractivity contribution in [2.75, 3.05) is 20.1 Å². The Morgan fingerprint density at radius 2 is 2.15 bits per heavy atom. The Bertz CT molecular complexity index is 519. The van der Waals surface area contributed by atoms with Gasteiger partial charge in [-0.25, -0.2) is 4.39 Å². The smallest absolute Gasteiger partial charge is 0.220 e. The lowest BCUT2D eigenvalue weighted by atomic mass is 9.78. The molecule has 1 spiro atoms. The normalized spacial score (nSPS) is 31.3. The maximum absolute atomic E-state index is 14.2. The molecule has 0 saturated carbocycles. The van der Waals surface area contributed by atoms with Gasteiger partial charge in [-0.2, -0.15) is 0 Å². The van der Waals surface area contributed by atoms with Gasteiger partial charge in [-0.15, -0.1) is 0 Å². The largest absolute Gasteiger partial charge is 0.349 e. The Kier molecular flexibility index (Phi) is 3.50. The van der Waals surface area contributed by atoms with Crippen LogP contribution < -0.4 is 5.32 Å². The summed E-state index contributed by atoms with van der Waals surface area (Å²) >= 11 is 0. The van der Waals surface area contributed by atoms with Crippen LogP contribution in [0.15, 0.2) is 24.3 Å². The second-order valence-corrected chi connectivity index (χ2v) is 6.18. The topological polar surface area (TPSA) is 32.3 Å². The molecule has 1 N–H and O–H groups in total. The number of rotatable bonds is 1. The highest BCUT2D eigenvalue weighted by Crippen LogP contribution is 2.41. The molecule has 0 bridgehead atoms. The standard InChI is InChI=1S/C16H21FN2O/c1-19-10-13(12-6-2-3-7-14(12)17)16(11-19)9-5-4-8-15(20)18-16/h2-3,6-7,13H,4-5,8-11H2,1H3,(H,18,20)/t13-,16+/m0/s1. The van der Waals surface area contributed by atoms with Crippen LogP contribution >= 0.6 is 0 Å². The van der Waals surface area contributed by atoms with Gasteiger partial charge in [0.1, 0.15) is 5.82 Å². The van der Waals surface area contributed by atoms with E-state index in [1.165, 1.54) is 6.07 Å². The van der Waals surface area contributed by atoms with Gasteiger partial charge in [0.05, 0.1) is 5.54 Å². The zero-order valence-corrected chi connectivity index (χ0v) is 11.9. The zero-order chi connectivity index (χ0) is 14.2. The number of hydrogen-bond donors (Lipinski definition) is 1. The molecule has 0 aliphatic carbocycles. The monoisotopic (exact) mass is 276 g/mol. The van der Waals surface area contributed by atoms with Crippen LogP contribution in [0, 0.1) is 5.82 Å². The fourth-order valence-corrected chi connectivity index (χ4v) is 3.81. The molecule has 2 atom stereocenters. The molecule has 1 amide bonds. The fourth-order valence-electron chi connectivity index (χ4n) is 3.81. The number of benzene rings is 1. The summed E-state index contributed by atoms with van der Waals surface area (Å²) in [4.78, 5) is 14.2. The van der Waals surface area contributed by atoms with E-state index in [1.807, 2.05) is 19.2 Å². The number of nitrogens with one attached hydrogen (secondary N) is 1. The molecule has 2 fully saturated rings. The van der Waals surface area contributed by atoms with Gasteiger partial charge in [-0.1, -0.05) is 24.6 Å². The lowest BCUT2D eigenvalue weighted by Crippen LogP contribution is -2.52. The first-order valence-electron chi connectivity index (χ1n) is 7.35. The van der Waals surface area contributed by atoms with Crippen LogP contribution in [0.4, 0.5) is 4.39 Å². The van der Waals surface area contributed by atoms with E-state index < -0.39 is 0 Å². The highest BCUT2D eigenvalue weighted by molar-refractivity contribution is 5.77. The van der Waals surface area contributed by atoms with E-state index >= 15 is 0 Å². The molecule has 4 heteroatoms. The summed E-state index contributed by atoms with van der Waals surface area (Å²) in [5, 5.41) is 3.21. The third-order valence-corrected chi connectivity index (χ3v) is 4.66. The third-order valence-electron chi connectivity index (χ3n) is 4.66. The molecule has 0 radical (unpaired) electrons. The van der Waals surface area contributed by atoms with Crippen molar-refractivity contribution in [1.82, 2.24) is 10.2 Å². The van der Waals surface area contributed by atoms with E-state index in [9.17, 15) is 9.18 Å². The van der Waals surface area contributed by atoms with Crippen LogP contribution in [-0.2, 0) is 4.79 Å². The van der Waals surface area contributed by atoms with Gasteiger partial charge in [-0.3, -0.25) is 4.79 Å². The molecule has 20 heavy (non-hydrogen) atoms. The van der Waals surface area contributed by atoms with Crippen molar-refractivity contribution < 1.29 is 9.18 Å². The van der Waals surface area contributed by atoms with Gasteiger partial charge >= 0.3 is 0 Å². The fraction of sp³-hybridized carbons (Fsp3) is 0.562. The minimum atomic E-state index is -0.301. The summed E-state index contributed by atoms with van der Waals surface area (Å²) in [6.45, 7) is 1.60. The zero-order valence-electron chi connectivity index (χ0n) is 11.9. The molecule has 2 heterocycles. The molecule has 108 valence electrons. The van der Waals surface area contributed by atoms with Crippen molar-refractivity contribution in [3.05, 3.63) is 35.6 Å². The van der Waals surface area contributed by atoms with Crippen molar-refractivity contribution in [3.8, 4) is 0 Å². The molecule has 1 aromatic rings. The van der Waals surface area contributed by atoms with Gasteiger partial charge in [0.2, 0.25) is 5.91 Å². The highest BCUT2D eigenvalue weighted by atomic mass is 19.1. The summed E-state index contributed by atoms with van der Waals surface area (Å²) in [5.74, 6) is -0.0134. The number of nitrogens with zero attached hydrogens (tertiary/aromatic N) is 1. The van der Waals surface area contributed by atoms with Crippen LogP contribution in [0.2, 0.25) is 0 Å². The number of likely N-dealkylation sites (tertiary alicyclic amines) is 1. The van der Waals surface area contributed by atoms with E-state index in [-0.39, 0.29) is 23.2 Å². The first kappa shape index (κ1) is 13.6. The number of hydrogen-bond acceptors (Lipinski definition) is 2. The molecule has 2 saturated heterocycles. The van der Waals surface area contributed by atoms with Crippen LogP contribution in [0.5, 0.6) is 0 Å². The molecule has 2 aliphatic rings. The first-order chi connectivity index (χ1) is 9.61. The molecule has 3 rings (SSSR count). The van der Waals surface area contributed by atoms with E-state index in [4.69, 9.17) is 0 Å². The van der Waals surface area contributed by atoms with Gasteiger partial charge < -0.3 is 10.2 Å². The van der Waals surface area contributed by atoms with Crippen molar-refractivity contribution in [1.29, 1.82) is 0 Å². The third kappa shape index (κ3) is 2.33. The Morgan fingerprint density at radius 1 is 1.35 bits per heavy atom. The van der Waals surface area contributed by atoms with Crippen LogP contribution in [-0.4, -0.2) is 36.5 Å². The van der Waals surface area contributed by atoms with E-state index in [1.54, 1.807) is 6.07 Å². The molecule has 1 aromatic carbocycles. The predicted octanol–water partition coefficient (Wildman–Crippen LogP) is 2.28. The average molecular weight is 276 g/mol. The average Bonchev–Trinajstić information content (AvgIpc) is 2.59. The number of carbonyl (C=O) groups excluding carboxylic acids is 1. The molecular weight excluding hydrogens is 255 g/mol. The lowest BCUT2D eigenvalue weighted by molar-refractivity contribution is -0.122. The van der Waals surface area contributed by atoms with Crippen molar-refractivity contribution in [2.24, 2.45) is 0 Å². The van der Waals surface area contributed by atoms with Crippen LogP contribution in [0.25, 0.3) is 0 Å². The minimum absolute atomic E-state index is 0.0377. The van der Waals surface area contributed by atoms with Crippen molar-refractivity contribution in [2.45, 2.75) is 37.1 Å². The number of likely N-dealkylation sites (N-methyl/N-ethyl adjacent to an activating group) is 1. The van der Waals surface area contributed by atoms with E-state index in [2.05, 4.69) is 10.2 Å². The van der Waals surface area contributed by atoms with Gasteiger partial charge in [0.25, 0.3) is 0 Å². The Labute approximate surface area is 119 Å². The Hall–Kier alpha value is -1.42. The number of amides is 1. The Morgan fingerprint density at radius 3 is 2.95 bits per heavy atom. The first-order valence-corrected chi connectivity index (χ1v) is 7.35. The maximum atomic E-state index is 14.2. The number of carbonyl (C=O) groups is 1. The van der Waals surface area contributed by atoms with Gasteiger partial charge in [-0.05, 0) is 31.5 Å². The summed E-state index contributed by atoms with van der Waals surface area (Å²) in [7, 11) is 2.04. The second kappa shape index (κ2) is 5.17. The molecule has 0 aromatic heterocycles. The summed E-state index contributed by atoms with van der Waals surface area (Å²) in [5.41, 5.74) is 0.434. The summed E-state index contributed by atoms with van der Waals surface area (Å²) < 4.78 is 14.2. The minimum Gasteiger partial charge on any atom is -0.349 e. The van der Waals surface area contributed by atoms with Crippen molar-refractivity contribution >= 4 is 5.91 Å². The summed E-state index contributed by atoms with van der Waals surface area (Å²) in [6.07, 6.45) is 3.48. The maximum Gasteiger partial charge on any atom is 0.220 e. The van der Waals surface area contributed by atoms with Crippen LogP contribution in [0.3, 0.4) is 0 Å². The SMILES string of the molecule is CN1C[C@@H](c2ccccc2F)[C@@]2(CCCCC(=O)N2)C1. The van der Waals surface area contributed by atoms with E-state index in [0.29, 0.717) is 6.42 Å². The van der Waals surface area contributed by atoms with E-state index in [0.717, 1.165) is 37.9 Å². The van der Waals surface area contributed by atoms with Crippen molar-refractivity contribution in [3.63, 3.8) is 0 Å². The predicted molar refractivity (Wildman–Crippen MR) is 76.0 cm³/mol. The molecular formula is C16H21FN2O. The van der Waals surface area contributed by atoms with Crippen LogP contribution in [0.1, 0.15) is 37.2 Å². The van der Waals surface area contributed by atoms with Gasteiger partial charge in [0, 0.05) is 25.4 Å². The van der Waals surface area contributed by atoms with Gasteiger partial charge in [0.15, 0.2) is 0 Å². The highest BCUT2D eigenvalue weighted by Gasteiger charge is 2.48. The molecule has 0 unspecified atom stereocenters. The summed E-state index contributed by atoms with van der Waals surface area (Å²) in [6, 6.07) is 6.97. The molecule has 3 nitrogen and oxygen atoms in total. The molecule has 2 aliphatic heterocycles. The quantitative estimate of drug-likeness (QED) is 0.853. The number of halogens is 1. The Balaban J connectivity index is 1.99. The second-order valence-electron chi connectivity index (χ2n) is 6.18.